The molecule has 0 aliphatic carbocycles. The molecule has 0 radical (unpaired) electrons. The highest BCUT2D eigenvalue weighted by Crippen LogP contribution is 2.22. The molecule has 28 heavy (non-hydrogen) atoms. The van der Waals surface area contributed by atoms with Gasteiger partial charge in [0.2, 0.25) is 0 Å². The molecule has 0 aliphatic rings. The molecule has 7 nitrogen and oxygen atoms in total. The SMILES string of the molecule is COc1ccc2cc(/C=C/C(=O)O[C@@H](C)C(=O)NC(=O)NC(C)C)ccc2c1. The number of hydrogen-bond donors (Lipinski definition) is 2. The molecule has 2 N–H and O–H groups in total. The van der Waals surface area contributed by atoms with Crippen LogP contribution >= 0.6 is 0 Å². The van der Waals surface area contributed by atoms with Crippen LogP contribution in [-0.2, 0) is 14.3 Å². The Hall–Kier alpha value is -3.35. The standard InChI is InChI=1S/C21H24N2O5/c1-13(2)22-21(26)23-20(25)14(3)28-19(24)10-6-15-5-7-17-12-18(27-4)9-8-16(17)11-15/h5-14H,1-4H3,(H2,22,23,25,26)/b10-6+/t14-/m0/s1. The van der Waals surface area contributed by atoms with Gasteiger partial charge in [0.15, 0.2) is 6.10 Å². The Morgan fingerprint density at radius 1 is 1.00 bits per heavy atom. The van der Waals surface area contributed by atoms with Crippen molar-refractivity contribution in [1.82, 2.24) is 10.6 Å². The first kappa shape index (κ1) is 21.0. The molecule has 1 atom stereocenters. The smallest absolute Gasteiger partial charge is 0.331 e. The number of hydrogen-bond acceptors (Lipinski definition) is 5. The summed E-state index contributed by atoms with van der Waals surface area (Å²) in [5.74, 6) is -0.602. The summed E-state index contributed by atoms with van der Waals surface area (Å²) in [6.45, 7) is 4.93. The predicted octanol–water partition coefficient (Wildman–Crippen LogP) is 3.03. The van der Waals surface area contributed by atoms with Crippen molar-refractivity contribution in [2.24, 2.45) is 0 Å². The Morgan fingerprint density at radius 3 is 2.36 bits per heavy atom. The lowest BCUT2D eigenvalue weighted by atomic mass is 10.1. The van der Waals surface area contributed by atoms with Gasteiger partial charge in [0.1, 0.15) is 5.75 Å². The fourth-order valence-electron chi connectivity index (χ4n) is 2.42. The maximum Gasteiger partial charge on any atom is 0.331 e. The average Bonchev–Trinajstić information content (AvgIpc) is 2.64. The molecule has 0 fully saturated rings. The molecule has 0 bridgehead atoms. The Kier molecular flexibility index (Phi) is 7.14. The minimum Gasteiger partial charge on any atom is -0.497 e. The lowest BCUT2D eigenvalue weighted by molar-refractivity contribution is -0.149. The van der Waals surface area contributed by atoms with Gasteiger partial charge < -0.3 is 14.8 Å². The van der Waals surface area contributed by atoms with Crippen LogP contribution in [0.25, 0.3) is 16.8 Å². The molecule has 2 aromatic carbocycles. The van der Waals surface area contributed by atoms with E-state index in [1.165, 1.54) is 13.0 Å². The van der Waals surface area contributed by atoms with Crippen molar-refractivity contribution in [3.8, 4) is 5.75 Å². The van der Waals surface area contributed by atoms with E-state index in [1.807, 2.05) is 36.4 Å². The predicted molar refractivity (Wildman–Crippen MR) is 107 cm³/mol. The Morgan fingerprint density at radius 2 is 1.68 bits per heavy atom. The summed E-state index contributed by atoms with van der Waals surface area (Å²) in [7, 11) is 1.61. The zero-order chi connectivity index (χ0) is 20.7. The molecule has 0 unspecified atom stereocenters. The third-order valence-electron chi connectivity index (χ3n) is 3.80. The molecular weight excluding hydrogens is 360 g/mol. The summed E-state index contributed by atoms with van der Waals surface area (Å²) < 4.78 is 10.2. The lowest BCUT2D eigenvalue weighted by Gasteiger charge is -2.13. The van der Waals surface area contributed by atoms with Gasteiger partial charge in [0, 0.05) is 12.1 Å². The highest BCUT2D eigenvalue weighted by Gasteiger charge is 2.19. The molecule has 7 heteroatoms. The second-order valence-electron chi connectivity index (χ2n) is 6.50. The summed E-state index contributed by atoms with van der Waals surface area (Å²) in [6, 6.07) is 10.7. The van der Waals surface area contributed by atoms with Crippen molar-refractivity contribution >= 4 is 34.8 Å². The van der Waals surface area contributed by atoms with Crippen molar-refractivity contribution in [2.45, 2.75) is 32.9 Å². The molecule has 0 aliphatic heterocycles. The fourth-order valence-corrected chi connectivity index (χ4v) is 2.42. The topological polar surface area (TPSA) is 93.7 Å². The van der Waals surface area contributed by atoms with Gasteiger partial charge in [-0.15, -0.1) is 0 Å². The number of carbonyl (C=O) groups is 3. The number of urea groups is 1. The number of benzene rings is 2. The number of methoxy groups -OCH3 is 1. The average molecular weight is 384 g/mol. The molecule has 2 rings (SSSR count). The quantitative estimate of drug-likeness (QED) is 0.590. The molecule has 0 heterocycles. The van der Waals surface area contributed by atoms with Crippen molar-refractivity contribution < 1.29 is 23.9 Å². The first-order chi connectivity index (χ1) is 13.3. The van der Waals surface area contributed by atoms with Gasteiger partial charge in [-0.05, 0) is 61.4 Å². The third kappa shape index (κ3) is 6.12. The molecule has 3 amide bonds. The zero-order valence-corrected chi connectivity index (χ0v) is 16.3. The van der Waals surface area contributed by atoms with E-state index in [1.54, 1.807) is 27.0 Å². The summed E-state index contributed by atoms with van der Waals surface area (Å²) in [4.78, 5) is 35.3. The van der Waals surface area contributed by atoms with E-state index in [0.717, 1.165) is 22.1 Å². The molecule has 148 valence electrons. The van der Waals surface area contributed by atoms with Crippen molar-refractivity contribution in [1.29, 1.82) is 0 Å². The van der Waals surface area contributed by atoms with Crippen LogP contribution in [0.1, 0.15) is 26.3 Å². The van der Waals surface area contributed by atoms with Gasteiger partial charge in [-0.25, -0.2) is 9.59 Å². The maximum absolute atomic E-state index is 11.9. The Balaban J connectivity index is 1.94. The van der Waals surface area contributed by atoms with Crippen LogP contribution in [0.15, 0.2) is 42.5 Å². The zero-order valence-electron chi connectivity index (χ0n) is 16.3. The van der Waals surface area contributed by atoms with Gasteiger partial charge in [-0.2, -0.15) is 0 Å². The van der Waals surface area contributed by atoms with Gasteiger partial charge >= 0.3 is 12.0 Å². The van der Waals surface area contributed by atoms with Crippen molar-refractivity contribution in [3.63, 3.8) is 0 Å². The van der Waals surface area contributed by atoms with E-state index >= 15 is 0 Å². The van der Waals surface area contributed by atoms with Gasteiger partial charge in [-0.1, -0.05) is 18.2 Å². The normalized spacial score (nSPS) is 12.0. The van der Waals surface area contributed by atoms with E-state index in [-0.39, 0.29) is 6.04 Å². The van der Waals surface area contributed by atoms with Crippen LogP contribution in [0.3, 0.4) is 0 Å². The van der Waals surface area contributed by atoms with Gasteiger partial charge in [-0.3, -0.25) is 10.1 Å². The van der Waals surface area contributed by atoms with Crippen molar-refractivity contribution in [2.75, 3.05) is 7.11 Å². The van der Waals surface area contributed by atoms with Crippen LogP contribution in [-0.4, -0.2) is 37.2 Å². The number of imide groups is 1. The van der Waals surface area contributed by atoms with Crippen LogP contribution < -0.4 is 15.4 Å². The van der Waals surface area contributed by atoms with Crippen molar-refractivity contribution in [3.05, 3.63) is 48.0 Å². The summed E-state index contributed by atoms with van der Waals surface area (Å²) in [5.41, 5.74) is 0.808. The first-order valence-electron chi connectivity index (χ1n) is 8.86. The highest BCUT2D eigenvalue weighted by atomic mass is 16.5. The number of amides is 3. The highest BCUT2D eigenvalue weighted by molar-refractivity contribution is 5.98. The monoisotopic (exact) mass is 384 g/mol. The molecule has 0 aromatic heterocycles. The summed E-state index contributed by atoms with van der Waals surface area (Å²) >= 11 is 0. The van der Waals surface area contributed by atoms with Crippen LogP contribution in [0, 0.1) is 0 Å². The van der Waals surface area contributed by atoms with Gasteiger partial charge in [0.25, 0.3) is 5.91 Å². The van der Waals surface area contributed by atoms with E-state index in [4.69, 9.17) is 9.47 Å². The minimum atomic E-state index is -1.10. The lowest BCUT2D eigenvalue weighted by Crippen LogP contribution is -2.46. The number of ether oxygens (including phenoxy) is 2. The van der Waals surface area contributed by atoms with Crippen LogP contribution in [0.2, 0.25) is 0 Å². The second kappa shape index (κ2) is 9.55. The molecule has 2 aromatic rings. The fraction of sp³-hybridized carbons (Fsp3) is 0.286. The number of rotatable bonds is 6. The van der Waals surface area contributed by atoms with Gasteiger partial charge in [0.05, 0.1) is 7.11 Å². The molecule has 0 spiro atoms. The summed E-state index contributed by atoms with van der Waals surface area (Å²) in [6.07, 6.45) is 1.74. The Labute approximate surface area is 163 Å². The largest absolute Gasteiger partial charge is 0.497 e. The number of esters is 1. The molecular formula is C21H24N2O5. The van der Waals surface area contributed by atoms with Crippen LogP contribution in [0.4, 0.5) is 4.79 Å². The number of carbonyl (C=O) groups excluding carboxylic acids is 3. The molecule has 0 saturated heterocycles. The third-order valence-corrected chi connectivity index (χ3v) is 3.80. The maximum atomic E-state index is 11.9. The number of nitrogens with one attached hydrogen (secondary N) is 2. The Bertz CT molecular complexity index is 905. The summed E-state index contributed by atoms with van der Waals surface area (Å²) in [5, 5.41) is 6.65. The van der Waals surface area contributed by atoms with E-state index in [2.05, 4.69) is 10.6 Å². The number of fused-ring (bicyclic) bond motifs is 1. The van der Waals surface area contributed by atoms with E-state index in [0.29, 0.717) is 0 Å². The minimum absolute atomic E-state index is 0.114. The first-order valence-corrected chi connectivity index (χ1v) is 8.86. The van der Waals surface area contributed by atoms with Crippen LogP contribution in [0.5, 0.6) is 5.75 Å². The van der Waals surface area contributed by atoms with E-state index < -0.39 is 24.0 Å². The second-order valence-corrected chi connectivity index (χ2v) is 6.50. The van der Waals surface area contributed by atoms with E-state index in [9.17, 15) is 14.4 Å². The molecule has 0 saturated carbocycles.